The van der Waals surface area contributed by atoms with Crippen LogP contribution in [0.25, 0.3) is 0 Å². The van der Waals surface area contributed by atoms with Crippen LogP contribution in [0.4, 0.5) is 4.39 Å². The van der Waals surface area contributed by atoms with Crippen LogP contribution in [0.15, 0.2) is 12.3 Å². The number of aryl methyl sites for hydroxylation is 1. The number of halogens is 1. The molecule has 0 aliphatic carbocycles. The smallest absolute Gasteiger partial charge is 0.125 e. The van der Waals surface area contributed by atoms with Gasteiger partial charge in [0, 0.05) is 32.4 Å². The Morgan fingerprint density at radius 2 is 2.38 bits per heavy atom. The molecule has 1 fully saturated rings. The van der Waals surface area contributed by atoms with Crippen LogP contribution < -0.4 is 0 Å². The summed E-state index contributed by atoms with van der Waals surface area (Å²) in [7, 11) is 0. The van der Waals surface area contributed by atoms with Crippen molar-refractivity contribution in [2.45, 2.75) is 26.2 Å². The van der Waals surface area contributed by atoms with Gasteiger partial charge in [0.2, 0.25) is 0 Å². The molecule has 1 aromatic rings. The lowest BCUT2D eigenvalue weighted by molar-refractivity contribution is 0.0568. The molecule has 2 heterocycles. The van der Waals surface area contributed by atoms with Gasteiger partial charge >= 0.3 is 0 Å². The molecule has 0 bridgehead atoms. The molecule has 0 saturated carbocycles. The molecule has 1 aliphatic heterocycles. The van der Waals surface area contributed by atoms with E-state index in [1.54, 1.807) is 6.20 Å². The third kappa shape index (κ3) is 1.72. The van der Waals surface area contributed by atoms with Gasteiger partial charge in [-0.05, 0) is 13.0 Å². The minimum absolute atomic E-state index is 0.578. The lowest BCUT2D eigenvalue weighted by Crippen LogP contribution is -2.47. The highest BCUT2D eigenvalue weighted by molar-refractivity contribution is 5.01. The summed E-state index contributed by atoms with van der Waals surface area (Å²) in [5.41, 5.74) is 1.18. The molecule has 3 nitrogen and oxygen atoms in total. The molecular weight excluding hydrogens is 169 g/mol. The van der Waals surface area contributed by atoms with Crippen molar-refractivity contribution in [1.82, 2.24) is 14.7 Å². The maximum Gasteiger partial charge on any atom is 0.125 e. The van der Waals surface area contributed by atoms with E-state index >= 15 is 0 Å². The lowest BCUT2D eigenvalue weighted by atomic mass is 10.2. The lowest BCUT2D eigenvalue weighted by Gasteiger charge is -2.34. The largest absolute Gasteiger partial charge is 0.292 e. The van der Waals surface area contributed by atoms with Crippen molar-refractivity contribution in [3.05, 3.63) is 18.0 Å². The van der Waals surface area contributed by atoms with E-state index in [1.165, 1.54) is 5.69 Å². The Kier molecular flexibility index (Phi) is 2.31. The highest BCUT2D eigenvalue weighted by atomic mass is 19.1. The first kappa shape index (κ1) is 8.69. The highest BCUT2D eigenvalue weighted by Crippen LogP contribution is 2.14. The van der Waals surface area contributed by atoms with Crippen molar-refractivity contribution in [3.63, 3.8) is 0 Å². The summed E-state index contributed by atoms with van der Waals surface area (Å²) in [4.78, 5) is 2.09. The van der Waals surface area contributed by atoms with Gasteiger partial charge in [-0.15, -0.1) is 0 Å². The monoisotopic (exact) mass is 183 g/mol. The van der Waals surface area contributed by atoms with Gasteiger partial charge in [-0.25, -0.2) is 4.39 Å². The van der Waals surface area contributed by atoms with Crippen LogP contribution >= 0.6 is 0 Å². The van der Waals surface area contributed by atoms with Gasteiger partial charge in [-0.2, -0.15) is 5.10 Å². The van der Waals surface area contributed by atoms with E-state index in [1.807, 2.05) is 10.7 Å². The number of hydrogen-bond donors (Lipinski definition) is 0. The van der Waals surface area contributed by atoms with E-state index in [4.69, 9.17) is 0 Å². The number of alkyl halides is 1. The van der Waals surface area contributed by atoms with Crippen LogP contribution in [0.5, 0.6) is 0 Å². The van der Waals surface area contributed by atoms with E-state index in [2.05, 4.69) is 16.9 Å². The molecule has 72 valence electrons. The Balaban J connectivity index is 1.94. The topological polar surface area (TPSA) is 21.1 Å². The normalized spacial score (nSPS) is 18.9. The molecule has 0 spiro atoms. The summed E-state index contributed by atoms with van der Waals surface area (Å²) in [6.45, 7) is 4.93. The fourth-order valence-electron chi connectivity index (χ4n) is 1.64. The van der Waals surface area contributed by atoms with Crippen molar-refractivity contribution >= 4 is 0 Å². The van der Waals surface area contributed by atoms with Crippen molar-refractivity contribution in [1.29, 1.82) is 0 Å². The maximum atomic E-state index is 12.5. The van der Waals surface area contributed by atoms with Gasteiger partial charge < -0.3 is 0 Å². The Hall–Kier alpha value is -0.900. The van der Waals surface area contributed by atoms with Crippen molar-refractivity contribution in [2.75, 3.05) is 13.1 Å². The quantitative estimate of drug-likeness (QED) is 0.698. The first-order valence-electron chi connectivity index (χ1n) is 4.66. The summed E-state index contributed by atoms with van der Waals surface area (Å²) >= 11 is 0. The Morgan fingerprint density at radius 3 is 3.00 bits per heavy atom. The number of hydrogen-bond acceptors (Lipinski definition) is 2. The molecular formula is C9H14FN3. The van der Waals surface area contributed by atoms with Crippen molar-refractivity contribution in [3.8, 4) is 0 Å². The van der Waals surface area contributed by atoms with E-state index in [9.17, 15) is 4.39 Å². The summed E-state index contributed by atoms with van der Waals surface area (Å²) in [5.74, 6) is 0. The molecule has 13 heavy (non-hydrogen) atoms. The molecule has 4 heteroatoms. The molecule has 0 atom stereocenters. The molecule has 2 rings (SSSR count). The second-order valence-corrected chi connectivity index (χ2v) is 3.43. The van der Waals surface area contributed by atoms with Crippen LogP contribution in [0, 0.1) is 0 Å². The van der Waals surface area contributed by atoms with E-state index in [0.29, 0.717) is 13.1 Å². The van der Waals surface area contributed by atoms with E-state index in [-0.39, 0.29) is 0 Å². The van der Waals surface area contributed by atoms with Gasteiger partial charge in [0.1, 0.15) is 6.17 Å². The fourth-order valence-corrected chi connectivity index (χ4v) is 1.64. The zero-order chi connectivity index (χ0) is 9.26. The van der Waals surface area contributed by atoms with Crippen LogP contribution in [0.3, 0.4) is 0 Å². The molecule has 0 radical (unpaired) electrons. The second-order valence-electron chi connectivity index (χ2n) is 3.43. The predicted molar refractivity (Wildman–Crippen MR) is 48.1 cm³/mol. The minimum Gasteiger partial charge on any atom is -0.292 e. The van der Waals surface area contributed by atoms with Crippen molar-refractivity contribution < 1.29 is 4.39 Å². The predicted octanol–water partition coefficient (Wildman–Crippen LogP) is 1.06. The second kappa shape index (κ2) is 3.46. The third-order valence-corrected chi connectivity index (χ3v) is 2.40. The van der Waals surface area contributed by atoms with Gasteiger partial charge in [0.25, 0.3) is 0 Å². The number of likely N-dealkylation sites (tertiary alicyclic amines) is 1. The zero-order valence-electron chi connectivity index (χ0n) is 7.78. The Bertz CT molecular complexity index is 278. The van der Waals surface area contributed by atoms with Crippen molar-refractivity contribution in [2.24, 2.45) is 0 Å². The fraction of sp³-hybridized carbons (Fsp3) is 0.667. The summed E-state index contributed by atoms with van der Waals surface area (Å²) in [6, 6.07) is 2.00. The Labute approximate surface area is 77.1 Å². The molecule has 0 amide bonds. The number of nitrogens with zero attached hydrogens (tertiary/aromatic N) is 3. The van der Waals surface area contributed by atoms with E-state index < -0.39 is 6.17 Å². The first-order chi connectivity index (χ1) is 6.29. The third-order valence-electron chi connectivity index (χ3n) is 2.40. The summed E-state index contributed by atoms with van der Waals surface area (Å²) < 4.78 is 14.5. The molecule has 0 N–H and O–H groups in total. The number of rotatable bonds is 3. The van der Waals surface area contributed by atoms with E-state index in [0.717, 1.165) is 13.1 Å². The molecule has 1 saturated heterocycles. The van der Waals surface area contributed by atoms with Gasteiger partial charge in [-0.3, -0.25) is 9.58 Å². The summed E-state index contributed by atoms with van der Waals surface area (Å²) in [6.07, 6.45) is 1.18. The molecule has 1 aromatic heterocycles. The van der Waals surface area contributed by atoms with Gasteiger partial charge in [-0.1, -0.05) is 0 Å². The van der Waals surface area contributed by atoms with Crippen LogP contribution in [0.1, 0.15) is 12.6 Å². The average molecular weight is 183 g/mol. The standard InChI is InChI=1S/C9H14FN3/c1-2-13-9(3-4-11-13)7-12-5-8(10)6-12/h3-4,8H,2,5-7H2,1H3. The van der Waals surface area contributed by atoms with Gasteiger partial charge in [0.15, 0.2) is 0 Å². The summed E-state index contributed by atoms with van der Waals surface area (Å²) in [5, 5.41) is 4.16. The minimum atomic E-state index is -0.613. The van der Waals surface area contributed by atoms with Crippen LogP contribution in [-0.4, -0.2) is 33.9 Å². The maximum absolute atomic E-state index is 12.5. The average Bonchev–Trinajstić information content (AvgIpc) is 2.49. The van der Waals surface area contributed by atoms with Crippen LogP contribution in [-0.2, 0) is 13.1 Å². The highest BCUT2D eigenvalue weighted by Gasteiger charge is 2.26. The van der Waals surface area contributed by atoms with Gasteiger partial charge in [0.05, 0.1) is 5.69 Å². The molecule has 0 unspecified atom stereocenters. The first-order valence-corrected chi connectivity index (χ1v) is 4.66. The van der Waals surface area contributed by atoms with Crippen LogP contribution in [0.2, 0.25) is 0 Å². The SMILES string of the molecule is CCn1nccc1CN1CC(F)C1. The molecule has 1 aliphatic rings. The zero-order valence-corrected chi connectivity index (χ0v) is 7.78. The Morgan fingerprint density at radius 1 is 1.62 bits per heavy atom. The number of aromatic nitrogens is 2. The molecule has 0 aromatic carbocycles.